The molecular weight excluding hydrogens is 331 g/mol. The van der Waals surface area contributed by atoms with Crippen LogP contribution in [0.4, 0.5) is 4.39 Å². The van der Waals surface area contributed by atoms with Crippen LogP contribution >= 0.6 is 11.6 Å². The maximum Gasteiger partial charge on any atom is 0.243 e. The smallest absolute Gasteiger partial charge is 0.207 e. The van der Waals surface area contributed by atoms with Crippen LogP contribution in [0.1, 0.15) is 12.8 Å². The Kier molecular flexibility index (Phi) is 4.16. The van der Waals surface area contributed by atoms with Gasteiger partial charge in [0.15, 0.2) is 0 Å². The summed E-state index contributed by atoms with van der Waals surface area (Å²) in [7, 11) is -3.72. The number of nitrogens with zero attached hydrogens (tertiary/aromatic N) is 4. The molecule has 1 fully saturated rings. The highest BCUT2D eigenvalue weighted by Gasteiger charge is 2.36. The van der Waals surface area contributed by atoms with Crippen LogP contribution in [0.5, 0.6) is 0 Å². The summed E-state index contributed by atoms with van der Waals surface area (Å²) in [6, 6.07) is 3.22. The van der Waals surface area contributed by atoms with Crippen molar-refractivity contribution in [3.8, 4) is 0 Å². The van der Waals surface area contributed by atoms with Crippen molar-refractivity contribution in [3.63, 3.8) is 0 Å². The van der Waals surface area contributed by atoms with Crippen molar-refractivity contribution in [1.29, 1.82) is 0 Å². The molecule has 1 aliphatic rings. The molecule has 0 bridgehead atoms. The summed E-state index contributed by atoms with van der Waals surface area (Å²) < 4.78 is 40.1. The first-order valence-corrected chi connectivity index (χ1v) is 8.61. The SMILES string of the molecule is O=S(=O)(c1ccc(F)c(Cl)c1)N1CCCC1Cn1nccn1. The lowest BCUT2D eigenvalue weighted by Crippen LogP contribution is -2.38. The van der Waals surface area contributed by atoms with Crippen molar-refractivity contribution in [2.45, 2.75) is 30.3 Å². The molecule has 1 aliphatic heterocycles. The summed E-state index contributed by atoms with van der Waals surface area (Å²) in [4.78, 5) is 1.47. The molecule has 1 saturated heterocycles. The first kappa shape index (κ1) is 15.4. The maximum atomic E-state index is 13.2. The maximum absolute atomic E-state index is 13.2. The highest BCUT2D eigenvalue weighted by atomic mass is 35.5. The van der Waals surface area contributed by atoms with E-state index < -0.39 is 15.8 Å². The van der Waals surface area contributed by atoms with Gasteiger partial charge in [0.1, 0.15) is 5.82 Å². The Bertz CT molecular complexity index is 766. The molecule has 2 heterocycles. The summed E-state index contributed by atoms with van der Waals surface area (Å²) >= 11 is 5.70. The van der Waals surface area contributed by atoms with Crippen molar-refractivity contribution in [2.75, 3.05) is 6.54 Å². The minimum absolute atomic E-state index is 0.000718. The number of benzene rings is 1. The standard InChI is InChI=1S/C13H14ClFN4O2S/c14-12-8-11(3-4-13(12)15)22(20,21)18-7-1-2-10(18)9-19-16-5-6-17-19/h3-6,8,10H,1-2,7,9H2. The Hall–Kier alpha value is -1.51. The third kappa shape index (κ3) is 2.86. The fraction of sp³-hybridized carbons (Fsp3) is 0.385. The summed E-state index contributed by atoms with van der Waals surface area (Å²) in [6.45, 7) is 0.810. The molecule has 6 nitrogen and oxygen atoms in total. The van der Waals surface area contributed by atoms with Crippen molar-refractivity contribution in [1.82, 2.24) is 19.3 Å². The molecule has 22 heavy (non-hydrogen) atoms. The zero-order chi connectivity index (χ0) is 15.7. The molecule has 0 N–H and O–H groups in total. The number of sulfonamides is 1. The van der Waals surface area contributed by atoms with E-state index in [1.54, 1.807) is 12.4 Å². The normalized spacial score (nSPS) is 19.6. The zero-order valence-electron chi connectivity index (χ0n) is 11.6. The summed E-state index contributed by atoms with van der Waals surface area (Å²) in [6.07, 6.45) is 4.59. The molecule has 1 aromatic carbocycles. The van der Waals surface area contributed by atoms with Gasteiger partial charge in [-0.2, -0.15) is 19.3 Å². The highest BCUT2D eigenvalue weighted by molar-refractivity contribution is 7.89. The predicted octanol–water partition coefficient (Wildman–Crippen LogP) is 1.92. The molecule has 9 heteroatoms. The van der Waals surface area contributed by atoms with Gasteiger partial charge in [0.2, 0.25) is 10.0 Å². The van der Waals surface area contributed by atoms with Gasteiger partial charge in [-0.25, -0.2) is 12.8 Å². The molecule has 1 unspecified atom stereocenters. The summed E-state index contributed by atoms with van der Waals surface area (Å²) in [5.74, 6) is -0.640. The molecule has 0 aliphatic carbocycles. The molecule has 1 aromatic heterocycles. The molecule has 118 valence electrons. The molecule has 0 spiro atoms. The Labute approximate surface area is 132 Å². The minimum atomic E-state index is -3.72. The lowest BCUT2D eigenvalue weighted by molar-refractivity contribution is 0.325. The van der Waals surface area contributed by atoms with E-state index in [0.717, 1.165) is 25.0 Å². The van der Waals surface area contributed by atoms with E-state index in [-0.39, 0.29) is 16.0 Å². The Balaban J connectivity index is 1.88. The number of aromatic nitrogens is 3. The topological polar surface area (TPSA) is 68.1 Å². The second-order valence-electron chi connectivity index (χ2n) is 5.07. The monoisotopic (exact) mass is 344 g/mol. The van der Waals surface area contributed by atoms with E-state index >= 15 is 0 Å². The van der Waals surface area contributed by atoms with E-state index in [1.807, 2.05) is 0 Å². The molecular formula is C13H14ClFN4O2S. The van der Waals surface area contributed by atoms with Gasteiger partial charge in [0.25, 0.3) is 0 Å². The largest absolute Gasteiger partial charge is 0.243 e. The number of hydrogen-bond donors (Lipinski definition) is 0. The van der Waals surface area contributed by atoms with Crippen LogP contribution in [-0.4, -0.2) is 40.3 Å². The van der Waals surface area contributed by atoms with Crippen molar-refractivity contribution in [3.05, 3.63) is 41.4 Å². The molecule has 0 saturated carbocycles. The van der Waals surface area contributed by atoms with E-state index in [2.05, 4.69) is 10.2 Å². The van der Waals surface area contributed by atoms with Crippen molar-refractivity contribution in [2.24, 2.45) is 0 Å². The third-order valence-corrected chi connectivity index (χ3v) is 5.90. The van der Waals surface area contributed by atoms with Gasteiger partial charge in [0, 0.05) is 12.6 Å². The Morgan fingerprint density at radius 1 is 1.32 bits per heavy atom. The quantitative estimate of drug-likeness (QED) is 0.849. The number of hydrogen-bond acceptors (Lipinski definition) is 4. The van der Waals surface area contributed by atoms with E-state index in [9.17, 15) is 12.8 Å². The van der Waals surface area contributed by atoms with Gasteiger partial charge in [-0.15, -0.1) is 0 Å². The average molecular weight is 345 g/mol. The molecule has 1 atom stereocenters. The second kappa shape index (κ2) is 5.94. The Morgan fingerprint density at radius 2 is 2.05 bits per heavy atom. The first-order valence-electron chi connectivity index (χ1n) is 6.79. The van der Waals surface area contributed by atoms with Gasteiger partial charge in [-0.3, -0.25) is 0 Å². The highest BCUT2D eigenvalue weighted by Crippen LogP contribution is 2.28. The summed E-state index contributed by atoms with van der Waals surface area (Å²) in [5, 5.41) is 7.81. The lowest BCUT2D eigenvalue weighted by atomic mass is 10.2. The molecule has 3 rings (SSSR count). The van der Waals surface area contributed by atoms with Crippen LogP contribution in [-0.2, 0) is 16.6 Å². The van der Waals surface area contributed by atoms with Gasteiger partial charge in [-0.05, 0) is 31.0 Å². The zero-order valence-corrected chi connectivity index (χ0v) is 13.1. The van der Waals surface area contributed by atoms with E-state index in [1.165, 1.54) is 15.2 Å². The van der Waals surface area contributed by atoms with Crippen LogP contribution < -0.4 is 0 Å². The van der Waals surface area contributed by atoms with Gasteiger partial charge >= 0.3 is 0 Å². The van der Waals surface area contributed by atoms with Gasteiger partial charge in [-0.1, -0.05) is 11.6 Å². The van der Waals surface area contributed by atoms with E-state index in [4.69, 9.17) is 11.6 Å². The van der Waals surface area contributed by atoms with E-state index in [0.29, 0.717) is 13.1 Å². The molecule has 2 aromatic rings. The third-order valence-electron chi connectivity index (χ3n) is 3.66. The Morgan fingerprint density at radius 3 is 2.73 bits per heavy atom. The summed E-state index contributed by atoms with van der Waals surface area (Å²) in [5.41, 5.74) is 0. The predicted molar refractivity (Wildman–Crippen MR) is 78.3 cm³/mol. The van der Waals surface area contributed by atoms with Crippen LogP contribution in [0.15, 0.2) is 35.5 Å². The van der Waals surface area contributed by atoms with Crippen LogP contribution in [0, 0.1) is 5.82 Å². The first-order chi connectivity index (χ1) is 10.5. The van der Waals surface area contributed by atoms with Crippen LogP contribution in [0.2, 0.25) is 5.02 Å². The van der Waals surface area contributed by atoms with Crippen molar-refractivity contribution >= 4 is 21.6 Å². The number of rotatable bonds is 4. The fourth-order valence-electron chi connectivity index (χ4n) is 2.61. The van der Waals surface area contributed by atoms with Gasteiger partial charge < -0.3 is 0 Å². The average Bonchev–Trinajstić information content (AvgIpc) is 3.14. The lowest BCUT2D eigenvalue weighted by Gasteiger charge is -2.23. The number of halogens is 2. The van der Waals surface area contributed by atoms with Crippen molar-refractivity contribution < 1.29 is 12.8 Å². The fourth-order valence-corrected chi connectivity index (χ4v) is 4.56. The molecule has 0 amide bonds. The van der Waals surface area contributed by atoms with Crippen LogP contribution in [0.25, 0.3) is 0 Å². The van der Waals surface area contributed by atoms with Gasteiger partial charge in [0.05, 0.1) is 28.9 Å². The van der Waals surface area contributed by atoms with Crippen LogP contribution in [0.3, 0.4) is 0 Å². The molecule has 0 radical (unpaired) electrons. The minimum Gasteiger partial charge on any atom is -0.207 e. The second-order valence-corrected chi connectivity index (χ2v) is 7.37.